The molecule has 2 aromatic carbocycles. The second kappa shape index (κ2) is 7.79. The molecule has 4 heteroatoms. The third-order valence-corrected chi connectivity index (χ3v) is 2.33. The van der Waals surface area contributed by atoms with Crippen molar-refractivity contribution in [2.24, 2.45) is 5.73 Å². The number of hydrogen-bond donors (Lipinski definition) is 2. The molecular formula is C15H15NO3. The summed E-state index contributed by atoms with van der Waals surface area (Å²) in [5.41, 5.74) is 7.59. The van der Waals surface area contributed by atoms with Crippen LogP contribution < -0.4 is 5.73 Å². The average Bonchev–Trinajstić information content (AvgIpc) is 2.49. The van der Waals surface area contributed by atoms with Gasteiger partial charge in [0, 0.05) is 5.56 Å². The van der Waals surface area contributed by atoms with Crippen molar-refractivity contribution in [1.29, 1.82) is 0 Å². The van der Waals surface area contributed by atoms with Crippen LogP contribution in [0.5, 0.6) is 0 Å². The number of aldehydes is 1. The van der Waals surface area contributed by atoms with Crippen LogP contribution in [0.15, 0.2) is 54.6 Å². The minimum Gasteiger partial charge on any atom is -0.480 e. The van der Waals surface area contributed by atoms with Gasteiger partial charge in [-0.05, 0) is 11.1 Å². The molecule has 0 fully saturated rings. The monoisotopic (exact) mass is 257 g/mol. The number of carbonyl (C=O) groups excluding carboxylic acids is 1. The van der Waals surface area contributed by atoms with Crippen molar-refractivity contribution in [3.8, 4) is 11.1 Å². The maximum atomic E-state index is 10.5. The summed E-state index contributed by atoms with van der Waals surface area (Å²) in [7, 11) is 0. The molecule has 2 rings (SSSR count). The quantitative estimate of drug-likeness (QED) is 0.826. The Labute approximate surface area is 111 Å². The predicted octanol–water partition coefficient (Wildman–Crippen LogP) is 2.20. The Morgan fingerprint density at radius 3 is 1.89 bits per heavy atom. The van der Waals surface area contributed by atoms with Gasteiger partial charge in [-0.3, -0.25) is 9.59 Å². The summed E-state index contributed by atoms with van der Waals surface area (Å²) in [5.74, 6) is -0.968. The molecule has 0 spiro atoms. The fourth-order valence-electron chi connectivity index (χ4n) is 1.38. The molecule has 0 amide bonds. The van der Waals surface area contributed by atoms with E-state index in [1.54, 1.807) is 0 Å². The van der Waals surface area contributed by atoms with E-state index in [1.807, 2.05) is 42.5 Å². The highest BCUT2D eigenvalue weighted by atomic mass is 16.4. The Balaban J connectivity index is 0.000000312. The first kappa shape index (κ1) is 14.6. The summed E-state index contributed by atoms with van der Waals surface area (Å²) in [5, 5.41) is 7.60. The number of aliphatic carboxylic acids is 1. The minimum atomic E-state index is -0.968. The molecule has 0 unspecified atom stereocenters. The van der Waals surface area contributed by atoms with E-state index in [0.717, 1.165) is 11.8 Å². The highest BCUT2D eigenvalue weighted by molar-refractivity contribution is 5.76. The van der Waals surface area contributed by atoms with E-state index in [1.165, 1.54) is 5.56 Å². The van der Waals surface area contributed by atoms with Crippen LogP contribution in [0.1, 0.15) is 10.4 Å². The van der Waals surface area contributed by atoms with Gasteiger partial charge in [-0.2, -0.15) is 0 Å². The minimum absolute atomic E-state index is 0.278. The first-order valence-electron chi connectivity index (χ1n) is 5.70. The molecule has 2 aromatic rings. The predicted molar refractivity (Wildman–Crippen MR) is 74.0 cm³/mol. The first-order chi connectivity index (χ1) is 9.17. The van der Waals surface area contributed by atoms with E-state index >= 15 is 0 Å². The largest absolute Gasteiger partial charge is 0.480 e. The number of nitrogens with two attached hydrogens (primary N) is 1. The highest BCUT2D eigenvalue weighted by Crippen LogP contribution is 2.18. The highest BCUT2D eigenvalue weighted by Gasteiger charge is 1.95. The van der Waals surface area contributed by atoms with Crippen molar-refractivity contribution in [2.75, 3.05) is 6.54 Å². The van der Waals surface area contributed by atoms with E-state index in [9.17, 15) is 9.59 Å². The topological polar surface area (TPSA) is 80.4 Å². The first-order valence-corrected chi connectivity index (χ1v) is 5.70. The molecule has 0 atom stereocenters. The number of hydrogen-bond acceptors (Lipinski definition) is 3. The summed E-state index contributed by atoms with van der Waals surface area (Å²) in [6.07, 6.45) is 0.856. The molecule has 0 aliphatic rings. The van der Waals surface area contributed by atoms with E-state index < -0.39 is 5.97 Å². The van der Waals surface area contributed by atoms with Crippen LogP contribution in [0.3, 0.4) is 0 Å². The fraction of sp³-hybridized carbons (Fsp3) is 0.0667. The van der Waals surface area contributed by atoms with Crippen molar-refractivity contribution < 1.29 is 14.7 Å². The number of carboxylic acids is 1. The van der Waals surface area contributed by atoms with Crippen LogP contribution in [0, 0.1) is 0 Å². The molecule has 0 radical (unpaired) electrons. The van der Waals surface area contributed by atoms with E-state index in [0.29, 0.717) is 5.56 Å². The Bertz CT molecular complexity index is 521. The molecule has 0 aliphatic carbocycles. The lowest BCUT2D eigenvalue weighted by Gasteiger charge is -2.00. The van der Waals surface area contributed by atoms with E-state index in [-0.39, 0.29) is 6.54 Å². The van der Waals surface area contributed by atoms with Crippen molar-refractivity contribution >= 4 is 12.3 Å². The molecule has 0 heterocycles. The number of carbonyl (C=O) groups is 2. The third-order valence-electron chi connectivity index (χ3n) is 2.33. The van der Waals surface area contributed by atoms with Crippen molar-refractivity contribution in [3.63, 3.8) is 0 Å². The Kier molecular flexibility index (Phi) is 5.98. The Morgan fingerprint density at radius 2 is 1.47 bits per heavy atom. The SMILES string of the molecule is NCC(=O)O.O=Cc1ccc(-c2ccccc2)cc1. The van der Waals surface area contributed by atoms with Gasteiger partial charge in [0.2, 0.25) is 0 Å². The van der Waals surface area contributed by atoms with Crippen molar-refractivity contribution in [2.45, 2.75) is 0 Å². The lowest BCUT2D eigenvalue weighted by Crippen LogP contribution is -2.10. The van der Waals surface area contributed by atoms with Crippen LogP contribution in [-0.2, 0) is 4.79 Å². The fourth-order valence-corrected chi connectivity index (χ4v) is 1.38. The molecule has 4 nitrogen and oxygen atoms in total. The normalized spacial score (nSPS) is 9.11. The van der Waals surface area contributed by atoms with Crippen LogP contribution in [0.4, 0.5) is 0 Å². The van der Waals surface area contributed by atoms with Crippen LogP contribution in [-0.4, -0.2) is 23.9 Å². The smallest absolute Gasteiger partial charge is 0.317 e. The molecule has 0 saturated carbocycles. The summed E-state index contributed by atoms with van der Waals surface area (Å²) in [6, 6.07) is 17.7. The van der Waals surface area contributed by atoms with Gasteiger partial charge >= 0.3 is 5.97 Å². The lowest BCUT2D eigenvalue weighted by atomic mass is 10.0. The van der Waals surface area contributed by atoms with Crippen molar-refractivity contribution in [1.82, 2.24) is 0 Å². The molecule has 0 bridgehead atoms. The van der Waals surface area contributed by atoms with Gasteiger partial charge in [0.1, 0.15) is 6.29 Å². The van der Waals surface area contributed by atoms with Gasteiger partial charge in [0.15, 0.2) is 0 Å². The zero-order valence-electron chi connectivity index (χ0n) is 10.3. The molecule has 0 aromatic heterocycles. The summed E-state index contributed by atoms with van der Waals surface area (Å²) in [4.78, 5) is 19.7. The summed E-state index contributed by atoms with van der Waals surface area (Å²) < 4.78 is 0. The van der Waals surface area contributed by atoms with Gasteiger partial charge < -0.3 is 10.8 Å². The average molecular weight is 257 g/mol. The number of carboxylic acid groups (broad SMARTS) is 1. The van der Waals surface area contributed by atoms with Gasteiger partial charge in [0.05, 0.1) is 6.54 Å². The Morgan fingerprint density at radius 1 is 1.00 bits per heavy atom. The molecule has 3 N–H and O–H groups in total. The molecule has 0 aliphatic heterocycles. The van der Waals surface area contributed by atoms with Gasteiger partial charge in [-0.15, -0.1) is 0 Å². The van der Waals surface area contributed by atoms with Crippen LogP contribution in [0.2, 0.25) is 0 Å². The van der Waals surface area contributed by atoms with Crippen LogP contribution in [0.25, 0.3) is 11.1 Å². The zero-order valence-corrected chi connectivity index (χ0v) is 10.3. The van der Waals surface area contributed by atoms with E-state index in [2.05, 4.69) is 17.9 Å². The maximum Gasteiger partial charge on any atom is 0.317 e. The third kappa shape index (κ3) is 5.14. The molecule has 98 valence electrons. The van der Waals surface area contributed by atoms with Crippen LogP contribution >= 0.6 is 0 Å². The zero-order chi connectivity index (χ0) is 14.1. The molecular weight excluding hydrogens is 242 g/mol. The molecule has 0 saturated heterocycles. The standard InChI is InChI=1S/C13H10O.C2H5NO2/c14-10-11-6-8-13(9-7-11)12-4-2-1-3-5-12;3-1-2(4)5/h1-10H;1,3H2,(H,4,5). The van der Waals surface area contributed by atoms with Gasteiger partial charge in [-0.25, -0.2) is 0 Å². The number of benzene rings is 2. The number of rotatable bonds is 3. The lowest BCUT2D eigenvalue weighted by molar-refractivity contribution is -0.135. The van der Waals surface area contributed by atoms with Gasteiger partial charge in [0.25, 0.3) is 0 Å². The maximum absolute atomic E-state index is 10.5. The van der Waals surface area contributed by atoms with Crippen molar-refractivity contribution in [3.05, 3.63) is 60.2 Å². The molecule has 19 heavy (non-hydrogen) atoms. The summed E-state index contributed by atoms with van der Waals surface area (Å²) in [6.45, 7) is -0.278. The van der Waals surface area contributed by atoms with E-state index in [4.69, 9.17) is 5.11 Å². The Hall–Kier alpha value is -2.46. The second-order valence-corrected chi connectivity index (χ2v) is 3.70. The second-order valence-electron chi connectivity index (χ2n) is 3.70. The summed E-state index contributed by atoms with van der Waals surface area (Å²) >= 11 is 0. The van der Waals surface area contributed by atoms with Gasteiger partial charge in [-0.1, -0.05) is 54.6 Å².